The van der Waals surface area contributed by atoms with E-state index in [4.69, 9.17) is 14.5 Å². The summed E-state index contributed by atoms with van der Waals surface area (Å²) >= 11 is 0. The van der Waals surface area contributed by atoms with Crippen LogP contribution in [0.25, 0.3) is 0 Å². The lowest BCUT2D eigenvalue weighted by Gasteiger charge is -2.10. The molecule has 0 unspecified atom stereocenters. The lowest BCUT2D eigenvalue weighted by Crippen LogP contribution is -2.14. The van der Waals surface area contributed by atoms with E-state index >= 15 is 0 Å². The average Bonchev–Trinajstić information content (AvgIpc) is 2.85. The molecule has 96 valence electrons. The van der Waals surface area contributed by atoms with Crippen molar-refractivity contribution in [2.24, 2.45) is 0 Å². The standard InChI is InChI=1S/C13H11N3O3/c1-8-10(7-15-19-8)13(17)16-12-9(6-14)4-3-5-11(12)18-2/h3-5,7H,1-2H3,(H,16,17). The zero-order valence-electron chi connectivity index (χ0n) is 10.4. The second-order valence-electron chi connectivity index (χ2n) is 3.74. The minimum Gasteiger partial charge on any atom is -0.495 e. The molecule has 1 aromatic carbocycles. The number of nitrogens with zero attached hydrogens (tertiary/aromatic N) is 2. The van der Waals surface area contributed by atoms with Crippen LogP contribution in [0.1, 0.15) is 21.7 Å². The van der Waals surface area contributed by atoms with E-state index in [0.29, 0.717) is 28.3 Å². The first kappa shape index (κ1) is 12.6. The van der Waals surface area contributed by atoms with Gasteiger partial charge in [-0.1, -0.05) is 11.2 Å². The third kappa shape index (κ3) is 2.40. The first-order valence-corrected chi connectivity index (χ1v) is 5.47. The lowest BCUT2D eigenvalue weighted by atomic mass is 10.1. The quantitative estimate of drug-likeness (QED) is 0.909. The Hall–Kier alpha value is -2.81. The SMILES string of the molecule is COc1cccc(C#N)c1NC(=O)c1cnoc1C. The number of hydrogen-bond acceptors (Lipinski definition) is 5. The smallest absolute Gasteiger partial charge is 0.261 e. The van der Waals surface area contributed by atoms with Crippen LogP contribution in [0.2, 0.25) is 0 Å². The molecule has 0 saturated heterocycles. The molecule has 1 heterocycles. The van der Waals surface area contributed by atoms with Crippen LogP contribution in [0.15, 0.2) is 28.9 Å². The molecule has 0 saturated carbocycles. The second-order valence-corrected chi connectivity index (χ2v) is 3.74. The molecule has 1 amide bonds. The molecule has 6 heteroatoms. The molecular formula is C13H11N3O3. The third-order valence-electron chi connectivity index (χ3n) is 2.60. The predicted octanol–water partition coefficient (Wildman–Crippen LogP) is 2.12. The van der Waals surface area contributed by atoms with Crippen molar-refractivity contribution in [3.63, 3.8) is 0 Å². The van der Waals surface area contributed by atoms with Crippen LogP contribution < -0.4 is 10.1 Å². The van der Waals surface area contributed by atoms with E-state index in [9.17, 15) is 4.79 Å². The van der Waals surface area contributed by atoms with E-state index in [1.165, 1.54) is 13.3 Å². The van der Waals surface area contributed by atoms with Crippen LogP contribution in [0.3, 0.4) is 0 Å². The Morgan fingerprint density at radius 3 is 2.89 bits per heavy atom. The number of hydrogen-bond donors (Lipinski definition) is 1. The summed E-state index contributed by atoms with van der Waals surface area (Å²) in [5, 5.41) is 15.2. The zero-order chi connectivity index (χ0) is 13.8. The molecule has 0 aliphatic carbocycles. The molecule has 0 spiro atoms. The monoisotopic (exact) mass is 257 g/mol. The van der Waals surface area contributed by atoms with Crippen molar-refractivity contribution in [1.82, 2.24) is 5.16 Å². The summed E-state index contributed by atoms with van der Waals surface area (Å²) in [6, 6.07) is 6.94. The van der Waals surface area contributed by atoms with E-state index in [2.05, 4.69) is 10.5 Å². The molecule has 0 atom stereocenters. The molecule has 6 nitrogen and oxygen atoms in total. The summed E-state index contributed by atoms with van der Waals surface area (Å²) in [5.41, 5.74) is 0.967. The summed E-state index contributed by atoms with van der Waals surface area (Å²) in [7, 11) is 1.47. The van der Waals surface area contributed by atoms with E-state index in [1.54, 1.807) is 25.1 Å². The Bertz CT molecular complexity index is 655. The molecule has 0 fully saturated rings. The number of ether oxygens (including phenoxy) is 1. The van der Waals surface area contributed by atoms with Gasteiger partial charge in [-0.25, -0.2) is 0 Å². The maximum absolute atomic E-state index is 12.1. The van der Waals surface area contributed by atoms with Gasteiger partial charge in [0.1, 0.15) is 28.8 Å². The number of nitriles is 1. The van der Waals surface area contributed by atoms with Gasteiger partial charge in [0.15, 0.2) is 0 Å². The van der Waals surface area contributed by atoms with Gasteiger partial charge in [0.2, 0.25) is 0 Å². The Kier molecular flexibility index (Phi) is 3.48. The van der Waals surface area contributed by atoms with Crippen molar-refractivity contribution in [1.29, 1.82) is 5.26 Å². The van der Waals surface area contributed by atoms with E-state index in [0.717, 1.165) is 0 Å². The molecule has 2 rings (SSSR count). The largest absolute Gasteiger partial charge is 0.495 e. The molecule has 0 aliphatic heterocycles. The van der Waals surface area contributed by atoms with Gasteiger partial charge in [-0.05, 0) is 19.1 Å². The highest BCUT2D eigenvalue weighted by molar-refractivity contribution is 6.06. The number of carbonyl (C=O) groups excluding carboxylic acids is 1. The first-order valence-electron chi connectivity index (χ1n) is 5.47. The van der Waals surface area contributed by atoms with Crippen LogP contribution in [-0.4, -0.2) is 18.2 Å². The van der Waals surface area contributed by atoms with E-state index in [-0.39, 0.29) is 0 Å². The van der Waals surface area contributed by atoms with Crippen molar-refractivity contribution < 1.29 is 14.1 Å². The maximum Gasteiger partial charge on any atom is 0.261 e. The van der Waals surface area contributed by atoms with E-state index < -0.39 is 5.91 Å². The number of anilines is 1. The van der Waals surface area contributed by atoms with Gasteiger partial charge >= 0.3 is 0 Å². The molecule has 0 bridgehead atoms. The Morgan fingerprint density at radius 2 is 2.32 bits per heavy atom. The molecule has 1 N–H and O–H groups in total. The van der Waals surface area contributed by atoms with Crippen molar-refractivity contribution in [3.05, 3.63) is 41.3 Å². The highest BCUT2D eigenvalue weighted by atomic mass is 16.5. The van der Waals surface area contributed by atoms with Crippen molar-refractivity contribution >= 4 is 11.6 Å². The van der Waals surface area contributed by atoms with Crippen LogP contribution in [0.5, 0.6) is 5.75 Å². The molecule has 2 aromatic rings. The Morgan fingerprint density at radius 1 is 1.53 bits per heavy atom. The Balaban J connectivity index is 2.36. The Labute approximate surface area is 109 Å². The topological polar surface area (TPSA) is 88.1 Å². The van der Waals surface area contributed by atoms with Gasteiger partial charge in [0.05, 0.1) is 18.9 Å². The number of aromatic nitrogens is 1. The van der Waals surface area contributed by atoms with Gasteiger partial charge in [-0.2, -0.15) is 5.26 Å². The van der Waals surface area contributed by atoms with Gasteiger partial charge < -0.3 is 14.6 Å². The number of amides is 1. The predicted molar refractivity (Wildman–Crippen MR) is 66.9 cm³/mol. The third-order valence-corrected chi connectivity index (χ3v) is 2.60. The molecular weight excluding hydrogens is 246 g/mol. The summed E-state index contributed by atoms with van der Waals surface area (Å²) < 4.78 is 9.96. The van der Waals surface area contributed by atoms with Gasteiger partial charge in [0.25, 0.3) is 5.91 Å². The van der Waals surface area contributed by atoms with Gasteiger partial charge in [-0.15, -0.1) is 0 Å². The summed E-state index contributed by atoms with van der Waals surface area (Å²) in [4.78, 5) is 12.1. The molecule has 0 aliphatic rings. The summed E-state index contributed by atoms with van der Waals surface area (Å²) in [6.07, 6.45) is 1.33. The summed E-state index contributed by atoms with van der Waals surface area (Å²) in [6.45, 7) is 1.63. The fourth-order valence-electron chi connectivity index (χ4n) is 1.62. The lowest BCUT2D eigenvalue weighted by molar-refractivity contribution is 0.102. The van der Waals surface area contributed by atoms with Gasteiger partial charge in [-0.3, -0.25) is 4.79 Å². The van der Waals surface area contributed by atoms with Crippen LogP contribution in [0, 0.1) is 18.3 Å². The summed E-state index contributed by atoms with van der Waals surface area (Å²) in [5.74, 6) is 0.423. The number of nitrogens with one attached hydrogen (secondary N) is 1. The molecule has 0 radical (unpaired) electrons. The van der Waals surface area contributed by atoms with Crippen molar-refractivity contribution in [2.75, 3.05) is 12.4 Å². The fraction of sp³-hybridized carbons (Fsp3) is 0.154. The van der Waals surface area contributed by atoms with Crippen LogP contribution >= 0.6 is 0 Å². The van der Waals surface area contributed by atoms with E-state index in [1.807, 2.05) is 6.07 Å². The minimum absolute atomic E-state index is 0.315. The minimum atomic E-state index is -0.403. The number of methoxy groups -OCH3 is 1. The zero-order valence-corrected chi connectivity index (χ0v) is 10.4. The normalized spacial score (nSPS) is 9.74. The molecule has 1 aromatic heterocycles. The highest BCUT2D eigenvalue weighted by Crippen LogP contribution is 2.28. The van der Waals surface area contributed by atoms with Crippen molar-refractivity contribution in [3.8, 4) is 11.8 Å². The number of rotatable bonds is 3. The van der Waals surface area contributed by atoms with Crippen LogP contribution in [-0.2, 0) is 0 Å². The highest BCUT2D eigenvalue weighted by Gasteiger charge is 2.17. The van der Waals surface area contributed by atoms with Crippen molar-refractivity contribution in [2.45, 2.75) is 6.92 Å². The number of para-hydroxylation sites is 1. The fourth-order valence-corrected chi connectivity index (χ4v) is 1.62. The van der Waals surface area contributed by atoms with Gasteiger partial charge in [0, 0.05) is 0 Å². The number of benzene rings is 1. The maximum atomic E-state index is 12.1. The van der Waals surface area contributed by atoms with Crippen LogP contribution in [0.4, 0.5) is 5.69 Å². The molecule has 19 heavy (non-hydrogen) atoms. The second kappa shape index (κ2) is 5.23. The first-order chi connectivity index (χ1) is 9.17. The number of aryl methyl sites for hydroxylation is 1. The number of carbonyl (C=O) groups is 1. The average molecular weight is 257 g/mol.